The second-order valence-electron chi connectivity index (χ2n) is 8.99. The summed E-state index contributed by atoms with van der Waals surface area (Å²) in [7, 11) is 0. The van der Waals surface area contributed by atoms with Crippen molar-refractivity contribution < 1.29 is 9.53 Å². The Hall–Kier alpha value is -2.13. The van der Waals surface area contributed by atoms with Crippen LogP contribution in [0.5, 0.6) is 0 Å². The largest absolute Gasteiger partial charge is 0.460 e. The Morgan fingerprint density at radius 3 is 2.25 bits per heavy atom. The van der Waals surface area contributed by atoms with Gasteiger partial charge < -0.3 is 10.1 Å². The molecular formula is C25H33NO2. The summed E-state index contributed by atoms with van der Waals surface area (Å²) in [5.74, 6) is 0.256. The van der Waals surface area contributed by atoms with E-state index in [-0.39, 0.29) is 24.0 Å². The lowest BCUT2D eigenvalue weighted by molar-refractivity contribution is -0.160. The first-order valence-corrected chi connectivity index (χ1v) is 10.4. The monoisotopic (exact) mass is 379 g/mol. The third kappa shape index (κ3) is 5.45. The van der Waals surface area contributed by atoms with Crippen molar-refractivity contribution in [1.82, 2.24) is 5.32 Å². The van der Waals surface area contributed by atoms with Crippen molar-refractivity contribution in [3.05, 3.63) is 71.8 Å². The number of benzene rings is 2. The van der Waals surface area contributed by atoms with Gasteiger partial charge in [0.05, 0.1) is 5.92 Å². The molecule has 1 aliphatic carbocycles. The average molecular weight is 380 g/mol. The number of nitrogens with one attached hydrogen (secondary N) is 1. The Labute approximate surface area is 169 Å². The minimum absolute atomic E-state index is 0.0687. The van der Waals surface area contributed by atoms with Crippen molar-refractivity contribution >= 4 is 5.97 Å². The van der Waals surface area contributed by atoms with Crippen LogP contribution in [0.15, 0.2) is 60.7 Å². The van der Waals surface area contributed by atoms with Crippen LogP contribution in [-0.4, -0.2) is 17.6 Å². The lowest BCUT2D eigenvalue weighted by Crippen LogP contribution is -2.44. The van der Waals surface area contributed by atoms with Crippen molar-refractivity contribution in [2.24, 2.45) is 11.8 Å². The molecule has 1 fully saturated rings. The molecule has 0 heterocycles. The summed E-state index contributed by atoms with van der Waals surface area (Å²) in [5.41, 5.74) is 2.12. The SMILES string of the molecule is C[C@@H](N[C@@H]1[C@@H](Cc2ccccc2)CC[C@@H]1C(=O)OC(C)(C)C)c1ccccc1. The van der Waals surface area contributed by atoms with Gasteiger partial charge in [-0.25, -0.2) is 0 Å². The molecule has 0 saturated heterocycles. The number of hydrogen-bond acceptors (Lipinski definition) is 3. The van der Waals surface area contributed by atoms with E-state index in [0.29, 0.717) is 5.92 Å². The van der Waals surface area contributed by atoms with Gasteiger partial charge in [0.2, 0.25) is 0 Å². The molecule has 0 unspecified atom stereocenters. The molecule has 28 heavy (non-hydrogen) atoms. The summed E-state index contributed by atoms with van der Waals surface area (Å²) in [6.07, 6.45) is 2.91. The second kappa shape index (κ2) is 8.91. The summed E-state index contributed by atoms with van der Waals surface area (Å²) in [5, 5.41) is 3.78. The average Bonchev–Trinajstić information content (AvgIpc) is 3.04. The van der Waals surface area contributed by atoms with Gasteiger partial charge in [0.25, 0.3) is 0 Å². The fraction of sp³-hybridized carbons (Fsp3) is 0.480. The zero-order valence-electron chi connectivity index (χ0n) is 17.5. The third-order valence-corrected chi connectivity index (χ3v) is 5.58. The number of carbonyl (C=O) groups excluding carboxylic acids is 1. The fourth-order valence-corrected chi connectivity index (χ4v) is 4.25. The maximum atomic E-state index is 12.9. The molecule has 0 amide bonds. The molecule has 0 aromatic heterocycles. The number of rotatable bonds is 6. The van der Waals surface area contributed by atoms with Gasteiger partial charge in [-0.05, 0) is 64.0 Å². The molecule has 0 radical (unpaired) electrons. The molecule has 0 bridgehead atoms. The number of hydrogen-bond donors (Lipinski definition) is 1. The molecule has 150 valence electrons. The lowest BCUT2D eigenvalue weighted by Gasteiger charge is -2.31. The first kappa shape index (κ1) is 20.6. The maximum Gasteiger partial charge on any atom is 0.311 e. The van der Waals surface area contributed by atoms with Crippen LogP contribution in [0.1, 0.15) is 57.7 Å². The molecule has 3 nitrogen and oxygen atoms in total. The highest BCUT2D eigenvalue weighted by Crippen LogP contribution is 2.36. The molecule has 0 spiro atoms. The van der Waals surface area contributed by atoms with Crippen molar-refractivity contribution in [3.63, 3.8) is 0 Å². The highest BCUT2D eigenvalue weighted by atomic mass is 16.6. The van der Waals surface area contributed by atoms with E-state index in [4.69, 9.17) is 4.74 Å². The van der Waals surface area contributed by atoms with E-state index in [2.05, 4.69) is 66.8 Å². The molecule has 3 rings (SSSR count). The topological polar surface area (TPSA) is 38.3 Å². The summed E-state index contributed by atoms with van der Waals surface area (Å²) < 4.78 is 5.76. The smallest absolute Gasteiger partial charge is 0.311 e. The summed E-state index contributed by atoms with van der Waals surface area (Å²) in [6, 6.07) is 21.3. The van der Waals surface area contributed by atoms with Crippen molar-refractivity contribution in [3.8, 4) is 0 Å². The maximum absolute atomic E-state index is 12.9. The highest BCUT2D eigenvalue weighted by molar-refractivity contribution is 5.74. The van der Waals surface area contributed by atoms with Crippen LogP contribution in [0.25, 0.3) is 0 Å². The Morgan fingerprint density at radius 2 is 1.64 bits per heavy atom. The van der Waals surface area contributed by atoms with Crippen LogP contribution >= 0.6 is 0 Å². The third-order valence-electron chi connectivity index (χ3n) is 5.58. The molecule has 3 heteroatoms. The van der Waals surface area contributed by atoms with E-state index in [9.17, 15) is 4.79 Å². The standard InChI is InChI=1S/C25H33NO2/c1-18(20-13-9-6-10-14-20)26-23-21(17-19-11-7-5-8-12-19)15-16-22(23)24(27)28-25(2,3)4/h5-14,18,21-23,26H,15-17H2,1-4H3/t18-,21-,22+,23-/m1/s1. The molecule has 1 N–H and O–H groups in total. The second-order valence-corrected chi connectivity index (χ2v) is 8.99. The van der Waals surface area contributed by atoms with Crippen LogP contribution in [0.4, 0.5) is 0 Å². The van der Waals surface area contributed by atoms with Gasteiger partial charge >= 0.3 is 5.97 Å². The minimum atomic E-state index is -0.454. The van der Waals surface area contributed by atoms with E-state index in [0.717, 1.165) is 19.3 Å². The van der Waals surface area contributed by atoms with Crippen LogP contribution < -0.4 is 5.32 Å². The molecule has 1 aliphatic rings. The molecule has 2 aromatic rings. The van der Waals surface area contributed by atoms with Gasteiger partial charge in [-0.1, -0.05) is 60.7 Å². The van der Waals surface area contributed by atoms with Gasteiger partial charge in [0.1, 0.15) is 5.60 Å². The number of esters is 1. The molecule has 2 aromatic carbocycles. The van der Waals surface area contributed by atoms with E-state index < -0.39 is 5.60 Å². The Kier molecular flexibility index (Phi) is 6.56. The van der Waals surface area contributed by atoms with Gasteiger partial charge in [0.15, 0.2) is 0 Å². The van der Waals surface area contributed by atoms with Crippen molar-refractivity contribution in [2.75, 3.05) is 0 Å². The van der Waals surface area contributed by atoms with E-state index in [1.54, 1.807) is 0 Å². The zero-order valence-corrected chi connectivity index (χ0v) is 17.5. The van der Waals surface area contributed by atoms with Crippen molar-refractivity contribution in [2.45, 2.75) is 64.6 Å². The summed E-state index contributed by atoms with van der Waals surface area (Å²) >= 11 is 0. The summed E-state index contributed by atoms with van der Waals surface area (Å²) in [6.45, 7) is 8.00. The van der Waals surface area contributed by atoms with Crippen molar-refractivity contribution in [1.29, 1.82) is 0 Å². The fourth-order valence-electron chi connectivity index (χ4n) is 4.25. The minimum Gasteiger partial charge on any atom is -0.460 e. The van der Waals surface area contributed by atoms with E-state index in [1.807, 2.05) is 26.8 Å². The number of ether oxygens (including phenoxy) is 1. The zero-order chi connectivity index (χ0) is 20.1. The molecule has 4 atom stereocenters. The van der Waals surface area contributed by atoms with Gasteiger partial charge in [-0.3, -0.25) is 4.79 Å². The van der Waals surface area contributed by atoms with E-state index in [1.165, 1.54) is 11.1 Å². The lowest BCUT2D eigenvalue weighted by atomic mass is 9.90. The molecule has 1 saturated carbocycles. The predicted octanol–water partition coefficient (Wildman–Crippen LogP) is 5.32. The summed E-state index contributed by atoms with van der Waals surface area (Å²) in [4.78, 5) is 12.9. The van der Waals surface area contributed by atoms with Crippen LogP contribution in [0.2, 0.25) is 0 Å². The Bertz CT molecular complexity index is 751. The quantitative estimate of drug-likeness (QED) is 0.691. The van der Waals surface area contributed by atoms with Gasteiger partial charge in [-0.2, -0.15) is 0 Å². The van der Waals surface area contributed by atoms with Crippen LogP contribution in [0.3, 0.4) is 0 Å². The first-order chi connectivity index (χ1) is 13.3. The Balaban J connectivity index is 1.78. The highest BCUT2D eigenvalue weighted by Gasteiger charge is 2.42. The molecular weight excluding hydrogens is 346 g/mol. The van der Waals surface area contributed by atoms with Gasteiger partial charge in [-0.15, -0.1) is 0 Å². The van der Waals surface area contributed by atoms with E-state index >= 15 is 0 Å². The predicted molar refractivity (Wildman–Crippen MR) is 114 cm³/mol. The molecule has 0 aliphatic heterocycles. The number of carbonyl (C=O) groups is 1. The van der Waals surface area contributed by atoms with Crippen LogP contribution in [0, 0.1) is 11.8 Å². The normalized spacial score (nSPS) is 23.4. The first-order valence-electron chi connectivity index (χ1n) is 10.4. The Morgan fingerprint density at radius 1 is 1.04 bits per heavy atom. The van der Waals surface area contributed by atoms with Crippen LogP contribution in [-0.2, 0) is 16.0 Å². The van der Waals surface area contributed by atoms with Gasteiger partial charge in [0, 0.05) is 12.1 Å².